The Bertz CT molecular complexity index is 1940. The second-order valence-corrected chi connectivity index (χ2v) is 19.7. The summed E-state index contributed by atoms with van der Waals surface area (Å²) >= 11 is 4.94. The van der Waals surface area contributed by atoms with Crippen molar-refractivity contribution in [2.75, 3.05) is 93.1 Å². The molecule has 0 bridgehead atoms. The van der Waals surface area contributed by atoms with Gasteiger partial charge in [-0.25, -0.2) is 14.6 Å². The maximum Gasteiger partial charge on any atom is 0.338 e. The summed E-state index contributed by atoms with van der Waals surface area (Å²) in [6.07, 6.45) is 33.2. The number of aliphatic hydroxyl groups is 3. The third-order valence-electron chi connectivity index (χ3n) is 13.3. The number of ether oxygens (including phenoxy) is 1. The summed E-state index contributed by atoms with van der Waals surface area (Å²) in [6, 6.07) is 15.6. The van der Waals surface area contributed by atoms with Crippen molar-refractivity contribution < 1.29 is 72.0 Å². The Morgan fingerprint density at radius 1 is 0.587 bits per heavy atom. The van der Waals surface area contributed by atoms with E-state index in [9.17, 15) is 9.59 Å². The van der Waals surface area contributed by atoms with E-state index in [1.807, 2.05) is 100 Å². The maximum absolute atomic E-state index is 12.2. The average Bonchev–Trinajstić information content (AvgIpc) is 4.24. The first-order chi connectivity index (χ1) is 34.8. The molecule has 0 spiro atoms. The van der Waals surface area contributed by atoms with Gasteiger partial charge in [0.15, 0.2) is 0 Å². The molecule has 3 aliphatic heterocycles. The van der Waals surface area contributed by atoms with Crippen molar-refractivity contribution in [3.05, 3.63) is 127 Å². The van der Waals surface area contributed by atoms with Crippen molar-refractivity contribution in [3.8, 4) is 0 Å². The summed E-state index contributed by atoms with van der Waals surface area (Å²) < 4.78 is 7.31. The van der Waals surface area contributed by atoms with Gasteiger partial charge in [-0.3, -0.25) is 0 Å². The number of benzene rings is 2. The van der Waals surface area contributed by atoms with Gasteiger partial charge < -0.3 is 96.4 Å². The van der Waals surface area contributed by atoms with E-state index in [4.69, 9.17) is 36.8 Å². The molecule has 0 amide bonds. The number of alkyl halides is 1. The molecule has 0 atom stereocenters. The minimum absolute atomic E-state index is 0. The number of aromatic carboxylic acids is 1. The van der Waals surface area contributed by atoms with Crippen LogP contribution >= 0.6 is 11.6 Å². The maximum atomic E-state index is 12.2. The minimum Gasteiger partial charge on any atom is -1.00 e. The molecule has 0 saturated heterocycles. The van der Waals surface area contributed by atoms with Crippen LogP contribution in [-0.4, -0.2) is 164 Å². The number of esters is 1. The van der Waals surface area contributed by atoms with Gasteiger partial charge in [0, 0.05) is 96.8 Å². The summed E-state index contributed by atoms with van der Waals surface area (Å²) in [4.78, 5) is 39.3. The highest BCUT2D eigenvalue weighted by Crippen LogP contribution is 2.38. The lowest BCUT2D eigenvalue weighted by Crippen LogP contribution is -3.00. The summed E-state index contributed by atoms with van der Waals surface area (Å²) in [5.41, 5.74) is 3.73. The standard InChI is InChI=1S/C22H32N2O2.C16H22O2.2C6H12N2O.C4H6N2.C2H5ClO.3ClH/c1-3-4-18-5-7-19(8-6-18)20-9-11-21(12-10-20)22(25)26-16-15-24-14-13-23(2)17-24;1-2-3-12-4-6-13(7-5-12)14-8-10-15(11-9-14)16(17)18;2*1-7-2-3-8(6-7)4-5-9;1-6-3-2-5-4-6;3-1-2-4;;;/h9-14,18-19H,3-8,15-17H2,1-2H3;8-13H,2-7H2,1H3,(H,17,18);2*2-3,9H,4-6H2,1H3;2-4H,1H3;4H,1-2H2;3*1H/p-3. The number of aliphatic hydroxyl groups excluding tert-OH is 3. The van der Waals surface area contributed by atoms with Gasteiger partial charge >= 0.3 is 11.9 Å². The number of carboxylic acid groups (broad SMARTS) is 1. The van der Waals surface area contributed by atoms with Gasteiger partial charge in [-0.2, -0.15) is 0 Å². The Hall–Kier alpha value is -4.35. The third kappa shape index (κ3) is 29.1. The van der Waals surface area contributed by atoms with Crippen LogP contribution < -0.4 is 37.2 Å². The number of carboxylic acids is 1. The van der Waals surface area contributed by atoms with E-state index in [1.54, 1.807) is 24.7 Å². The number of hydrogen-bond donors (Lipinski definition) is 4. The van der Waals surface area contributed by atoms with Crippen LogP contribution in [0.4, 0.5) is 0 Å². The van der Waals surface area contributed by atoms with Gasteiger partial charge in [-0.1, -0.05) is 63.8 Å². The fraction of sp³-hybridized carbons (Fsp3) is 0.589. The lowest BCUT2D eigenvalue weighted by atomic mass is 9.77. The highest BCUT2D eigenvalue weighted by molar-refractivity contribution is 6.17. The zero-order chi connectivity index (χ0) is 52.5. The van der Waals surface area contributed by atoms with Crippen LogP contribution in [-0.2, 0) is 11.8 Å². The normalized spacial score (nSPS) is 18.9. The third-order valence-corrected chi connectivity index (χ3v) is 13.4. The Morgan fingerprint density at radius 2 is 0.973 bits per heavy atom. The molecule has 15 nitrogen and oxygen atoms in total. The van der Waals surface area contributed by atoms with Crippen LogP contribution in [0.1, 0.15) is 135 Å². The first-order valence-corrected chi connectivity index (χ1v) is 26.6. The largest absolute Gasteiger partial charge is 1.00 e. The van der Waals surface area contributed by atoms with Crippen molar-refractivity contribution >= 4 is 23.5 Å². The number of halogens is 4. The smallest absolute Gasteiger partial charge is 0.338 e. The van der Waals surface area contributed by atoms with E-state index >= 15 is 0 Å². The number of aromatic nitrogens is 2. The van der Waals surface area contributed by atoms with Gasteiger partial charge in [0.05, 0.1) is 63.8 Å². The van der Waals surface area contributed by atoms with Crippen LogP contribution in [0.3, 0.4) is 0 Å². The molecule has 2 aromatic carbocycles. The molecule has 4 heterocycles. The van der Waals surface area contributed by atoms with Crippen molar-refractivity contribution in [2.45, 2.75) is 103 Å². The van der Waals surface area contributed by atoms with Gasteiger partial charge in [0.25, 0.3) is 0 Å². The molecule has 2 saturated carbocycles. The predicted octanol–water partition coefficient (Wildman–Crippen LogP) is 0.0113. The molecule has 5 aliphatic rings. The summed E-state index contributed by atoms with van der Waals surface area (Å²) in [5, 5.41) is 33.7. The fourth-order valence-electron chi connectivity index (χ4n) is 9.30. The van der Waals surface area contributed by atoms with Crippen LogP contribution in [0, 0.1) is 11.8 Å². The van der Waals surface area contributed by atoms with Crippen LogP contribution in [0.5, 0.6) is 0 Å². The number of β-amino-alcohol motifs (C(OH)–C–C–N with tert-alkyl or cyclic N) is 2. The highest BCUT2D eigenvalue weighted by Gasteiger charge is 2.23. The van der Waals surface area contributed by atoms with E-state index in [1.165, 1.54) is 88.2 Å². The van der Waals surface area contributed by atoms with Crippen LogP contribution in [0.15, 0.2) is 104 Å². The van der Waals surface area contributed by atoms with Gasteiger partial charge in [0.2, 0.25) is 0 Å². The summed E-state index contributed by atoms with van der Waals surface area (Å²) in [5.74, 6) is 2.43. The fourth-order valence-corrected chi connectivity index (χ4v) is 9.30. The molecule has 75 heavy (non-hydrogen) atoms. The topological polar surface area (TPSA) is 162 Å². The van der Waals surface area contributed by atoms with Crippen molar-refractivity contribution in [1.29, 1.82) is 0 Å². The molecule has 4 N–H and O–H groups in total. The molecule has 426 valence electrons. The Balaban J connectivity index is 0.000000967. The zero-order valence-corrected chi connectivity index (χ0v) is 48.5. The minimum atomic E-state index is -0.840. The Morgan fingerprint density at radius 3 is 1.25 bits per heavy atom. The van der Waals surface area contributed by atoms with E-state index in [-0.39, 0.29) is 63.0 Å². The lowest BCUT2D eigenvalue weighted by Gasteiger charge is -2.28. The Labute approximate surface area is 473 Å². The number of imidazole rings is 1. The second-order valence-electron chi connectivity index (χ2n) is 19.3. The summed E-state index contributed by atoms with van der Waals surface area (Å²) in [7, 11) is 7.98. The van der Waals surface area contributed by atoms with E-state index in [0.29, 0.717) is 35.4 Å². The molecule has 8 rings (SSSR count). The van der Waals surface area contributed by atoms with E-state index in [2.05, 4.69) is 60.4 Å². The van der Waals surface area contributed by atoms with Crippen LogP contribution in [0.25, 0.3) is 0 Å². The zero-order valence-electron chi connectivity index (χ0n) is 45.5. The molecular formula is C56H89Cl4N8O7-3. The monoisotopic (exact) mass is 1130 g/mol. The van der Waals surface area contributed by atoms with E-state index < -0.39 is 5.97 Å². The molecule has 0 radical (unpaired) electrons. The molecular weight excluding hydrogens is 1040 g/mol. The molecule has 3 aromatic rings. The van der Waals surface area contributed by atoms with Crippen molar-refractivity contribution in [3.63, 3.8) is 0 Å². The second kappa shape index (κ2) is 41.8. The predicted molar refractivity (Wildman–Crippen MR) is 290 cm³/mol. The number of rotatable bonds is 16. The number of carbonyl (C=O) groups is 2. The Kier molecular flexibility index (Phi) is 39.3. The van der Waals surface area contributed by atoms with Gasteiger partial charge in [0.1, 0.15) is 6.61 Å². The number of hydrogen-bond acceptors (Lipinski definition) is 13. The van der Waals surface area contributed by atoms with Gasteiger partial charge in [-0.05, 0) is 110 Å². The molecule has 1 aromatic heterocycles. The summed E-state index contributed by atoms with van der Waals surface area (Å²) in [6.45, 7) is 10.4. The number of carbonyl (C=O) groups excluding carboxylic acids is 1. The molecule has 2 fully saturated rings. The first-order valence-electron chi connectivity index (χ1n) is 26.1. The highest BCUT2D eigenvalue weighted by atomic mass is 35.5. The first kappa shape index (κ1) is 70.7. The molecule has 0 unspecified atom stereocenters. The van der Waals surface area contributed by atoms with Crippen molar-refractivity contribution in [2.24, 2.45) is 18.9 Å². The number of aryl methyl sites for hydroxylation is 1. The lowest BCUT2D eigenvalue weighted by molar-refractivity contribution is -0.00100. The quantitative estimate of drug-likeness (QED) is 0.112. The van der Waals surface area contributed by atoms with Crippen LogP contribution in [0.2, 0.25) is 0 Å². The van der Waals surface area contributed by atoms with Crippen molar-refractivity contribution in [1.82, 2.24) is 39.0 Å². The SMILES string of the molecule is CCCC1CCC(c2ccc(C(=O)O)cc2)CC1.CCCC1CCC(c2ccc(C(=O)OCCN3C=CN(C)C3)cc2)CC1.CN1C=CN(CCO)C1.CN1C=CN(CCO)C1.Cn1ccnc1.OCCCl.[Cl-].[Cl-].[Cl-]. The number of nitrogens with zero attached hydrogens (tertiary/aromatic N) is 8. The molecule has 2 aliphatic carbocycles. The van der Waals surface area contributed by atoms with Gasteiger partial charge in [-0.15, -0.1) is 11.6 Å². The molecule has 19 heteroatoms. The average molecular weight is 1130 g/mol. The van der Waals surface area contributed by atoms with E-state index in [0.717, 1.165) is 51.5 Å².